The van der Waals surface area contributed by atoms with Gasteiger partial charge in [0.05, 0.1) is 38.1 Å². The molecule has 14 heteroatoms. The van der Waals surface area contributed by atoms with Crippen molar-refractivity contribution in [1.82, 2.24) is 5.32 Å². The Hall–Kier alpha value is -1.01. The summed E-state index contributed by atoms with van der Waals surface area (Å²) in [7, 11) is 0. The summed E-state index contributed by atoms with van der Waals surface area (Å²) in [4.78, 5) is 11.5. The number of hydrogen-bond donors (Lipinski definition) is 8. The van der Waals surface area contributed by atoms with Crippen LogP contribution in [0.3, 0.4) is 0 Å². The Morgan fingerprint density at radius 2 is 1.56 bits per heavy atom. The fourth-order valence-electron chi connectivity index (χ4n) is 4.43. The van der Waals surface area contributed by atoms with Gasteiger partial charge >= 0.3 is 0 Å². The maximum Gasteiger partial charge on any atom is 0.217 e. The lowest BCUT2D eigenvalue weighted by Crippen LogP contribution is -2.67. The number of carbonyl (C=O) groups excluding carboxylic acids is 1. The molecule has 0 aromatic heterocycles. The van der Waals surface area contributed by atoms with Crippen molar-refractivity contribution in [2.45, 2.75) is 99.9 Å². The Morgan fingerprint density at radius 3 is 2.15 bits per heavy atom. The molecule has 0 aromatic rings. The first-order chi connectivity index (χ1) is 16.1. The molecule has 14 nitrogen and oxygen atoms in total. The summed E-state index contributed by atoms with van der Waals surface area (Å²) < 4.78 is 27.7. The lowest BCUT2D eigenvalue weighted by atomic mass is 9.92. The number of ether oxygens (including phenoxy) is 5. The average Bonchev–Trinajstić information content (AvgIpc) is 2.78. The highest BCUT2D eigenvalue weighted by Gasteiger charge is 2.52. The maximum absolute atomic E-state index is 11.5. The molecule has 34 heavy (non-hydrogen) atoms. The molecule has 3 rings (SSSR count). The van der Waals surface area contributed by atoms with Gasteiger partial charge < -0.3 is 64.7 Å². The molecule has 0 saturated carbocycles. The van der Waals surface area contributed by atoms with Crippen molar-refractivity contribution < 1.29 is 64.2 Å². The first-order valence-electron chi connectivity index (χ1n) is 11.2. The van der Waals surface area contributed by atoms with Gasteiger partial charge in [0, 0.05) is 13.3 Å². The van der Waals surface area contributed by atoms with Crippen molar-refractivity contribution in [3.8, 4) is 0 Å². The van der Waals surface area contributed by atoms with E-state index in [1.165, 1.54) is 6.92 Å². The van der Waals surface area contributed by atoms with Gasteiger partial charge in [-0.25, -0.2) is 0 Å². The molecule has 3 saturated heterocycles. The Bertz CT molecular complexity index is 670. The minimum absolute atomic E-state index is 0.0457. The number of nitrogens with one attached hydrogen (secondary N) is 1. The van der Waals surface area contributed by atoms with Crippen molar-refractivity contribution >= 4 is 5.91 Å². The maximum atomic E-state index is 11.5. The third-order valence-corrected chi connectivity index (χ3v) is 6.20. The summed E-state index contributed by atoms with van der Waals surface area (Å²) >= 11 is 0. The van der Waals surface area contributed by atoms with Gasteiger partial charge in [-0.1, -0.05) is 0 Å². The summed E-state index contributed by atoms with van der Waals surface area (Å²) in [6.45, 7) is 1.49. The average molecular weight is 497 g/mol. The lowest BCUT2D eigenvalue weighted by molar-refractivity contribution is -0.360. The largest absolute Gasteiger partial charge is 0.394 e. The van der Waals surface area contributed by atoms with E-state index >= 15 is 0 Å². The Morgan fingerprint density at radius 1 is 0.912 bits per heavy atom. The molecule has 0 aliphatic carbocycles. The highest BCUT2D eigenvalue weighted by molar-refractivity contribution is 5.73. The number of aliphatic hydroxyl groups excluding tert-OH is 7. The van der Waals surface area contributed by atoms with Gasteiger partial charge in [-0.05, 0) is 6.92 Å². The predicted octanol–water partition coefficient (Wildman–Crippen LogP) is -4.69. The van der Waals surface area contributed by atoms with Crippen molar-refractivity contribution in [2.24, 2.45) is 0 Å². The van der Waals surface area contributed by atoms with E-state index in [0.717, 1.165) is 0 Å². The molecule has 3 aliphatic heterocycles. The van der Waals surface area contributed by atoms with E-state index in [2.05, 4.69) is 5.32 Å². The third-order valence-electron chi connectivity index (χ3n) is 6.20. The van der Waals surface area contributed by atoms with Gasteiger partial charge in [0.1, 0.15) is 48.8 Å². The van der Waals surface area contributed by atoms with Gasteiger partial charge in [0.25, 0.3) is 0 Å². The quantitative estimate of drug-likeness (QED) is 0.166. The van der Waals surface area contributed by atoms with E-state index < -0.39 is 98.8 Å². The molecule has 0 bridgehead atoms. The minimum atomic E-state index is -1.69. The van der Waals surface area contributed by atoms with E-state index in [1.54, 1.807) is 6.92 Å². The summed E-state index contributed by atoms with van der Waals surface area (Å²) in [5, 5.41) is 73.9. The molecule has 1 amide bonds. The summed E-state index contributed by atoms with van der Waals surface area (Å²) in [5.41, 5.74) is 0. The van der Waals surface area contributed by atoms with Crippen LogP contribution in [0.4, 0.5) is 0 Å². The van der Waals surface area contributed by atoms with Crippen LogP contribution in [-0.4, -0.2) is 141 Å². The fourth-order valence-corrected chi connectivity index (χ4v) is 4.43. The van der Waals surface area contributed by atoms with Crippen molar-refractivity contribution in [3.63, 3.8) is 0 Å². The fraction of sp³-hybridized carbons (Fsp3) is 0.950. The van der Waals surface area contributed by atoms with Crippen LogP contribution in [0.1, 0.15) is 20.3 Å². The van der Waals surface area contributed by atoms with Crippen LogP contribution in [-0.2, 0) is 28.5 Å². The first kappa shape index (κ1) is 27.6. The van der Waals surface area contributed by atoms with Gasteiger partial charge in [-0.3, -0.25) is 4.79 Å². The zero-order valence-corrected chi connectivity index (χ0v) is 18.9. The van der Waals surface area contributed by atoms with Gasteiger partial charge in [0.2, 0.25) is 5.91 Å². The second-order valence-corrected chi connectivity index (χ2v) is 8.85. The van der Waals surface area contributed by atoms with Gasteiger partial charge in [-0.2, -0.15) is 0 Å². The molecule has 3 aliphatic rings. The first-order valence-corrected chi connectivity index (χ1v) is 11.2. The van der Waals surface area contributed by atoms with Gasteiger partial charge in [-0.15, -0.1) is 0 Å². The van der Waals surface area contributed by atoms with Crippen LogP contribution < -0.4 is 5.32 Å². The second kappa shape index (κ2) is 11.8. The third kappa shape index (κ3) is 6.03. The highest BCUT2D eigenvalue weighted by Crippen LogP contribution is 2.31. The van der Waals surface area contributed by atoms with Gasteiger partial charge in [0.15, 0.2) is 12.6 Å². The molecule has 198 valence electrons. The monoisotopic (exact) mass is 497 g/mol. The number of rotatable bonds is 7. The van der Waals surface area contributed by atoms with Crippen molar-refractivity contribution in [2.75, 3.05) is 19.8 Å². The van der Waals surface area contributed by atoms with Crippen LogP contribution in [0.5, 0.6) is 0 Å². The molecule has 8 N–H and O–H groups in total. The molecular weight excluding hydrogens is 462 g/mol. The molecule has 0 radical (unpaired) electrons. The number of aliphatic hydroxyl groups is 7. The van der Waals surface area contributed by atoms with E-state index in [9.17, 15) is 40.5 Å². The highest BCUT2D eigenvalue weighted by atomic mass is 16.7. The standard InChI is InChI=1S/C20H35NO13/c1-7-13(21-8(2)24)15(28)17(12(5-23)31-7)33-20-16(29)18(14(27)11(4-22)32-20)34-19-10(26)3-9(25)6-30-19/h7,9-20,22-23,25-29H,3-6H2,1-2H3,(H,21,24)/t7-,9-,10?,11?,12?,13?,14-,15+,16?,17+,18-,19-,20-/m0/s1. The van der Waals surface area contributed by atoms with Crippen molar-refractivity contribution in [3.05, 3.63) is 0 Å². The summed E-state index contributed by atoms with van der Waals surface area (Å²) in [5.74, 6) is -0.428. The van der Waals surface area contributed by atoms with Crippen LogP contribution in [0.2, 0.25) is 0 Å². The summed E-state index contributed by atoms with van der Waals surface area (Å²) in [6.07, 6.45) is -15.4. The van der Waals surface area contributed by atoms with E-state index in [0.29, 0.717) is 0 Å². The van der Waals surface area contributed by atoms with E-state index in [-0.39, 0.29) is 13.0 Å². The minimum Gasteiger partial charge on any atom is -0.394 e. The predicted molar refractivity (Wildman–Crippen MR) is 109 cm³/mol. The van der Waals surface area contributed by atoms with Crippen LogP contribution in [0.25, 0.3) is 0 Å². The second-order valence-electron chi connectivity index (χ2n) is 8.85. The molecular formula is C20H35NO13. The lowest BCUT2D eigenvalue weighted by Gasteiger charge is -2.48. The molecule has 5 unspecified atom stereocenters. The van der Waals surface area contributed by atoms with E-state index in [4.69, 9.17) is 23.7 Å². The van der Waals surface area contributed by atoms with Crippen LogP contribution >= 0.6 is 0 Å². The Kier molecular flexibility index (Phi) is 9.58. The SMILES string of the molecule is CC(=O)NC1[C@H](C)OC(CO)[C@@H](O[C@@H]2OC(CO)[C@H](O)[C@H](O[C@@H]3OC[C@@H](O)CC3O)C2O)[C@@H]1O. The molecule has 3 fully saturated rings. The number of carbonyl (C=O) groups is 1. The summed E-state index contributed by atoms with van der Waals surface area (Å²) in [6, 6.07) is -0.894. The molecule has 0 spiro atoms. The normalized spacial score (nSPS) is 47.9. The molecule has 13 atom stereocenters. The van der Waals surface area contributed by atoms with Crippen molar-refractivity contribution in [1.29, 1.82) is 0 Å². The topological polar surface area (TPSA) is 217 Å². The Labute approximate surface area is 195 Å². The van der Waals surface area contributed by atoms with E-state index in [1.807, 2.05) is 0 Å². The zero-order valence-electron chi connectivity index (χ0n) is 18.9. The molecule has 0 aromatic carbocycles. The zero-order chi connectivity index (χ0) is 25.2. The molecule has 3 heterocycles. The Balaban J connectivity index is 1.76. The smallest absolute Gasteiger partial charge is 0.217 e. The van der Waals surface area contributed by atoms with Crippen LogP contribution in [0.15, 0.2) is 0 Å². The van der Waals surface area contributed by atoms with Crippen LogP contribution in [0, 0.1) is 0 Å². The number of amides is 1. The number of hydrogen-bond acceptors (Lipinski definition) is 13.